The Labute approximate surface area is 96.8 Å². The van der Waals surface area contributed by atoms with Gasteiger partial charge in [0.05, 0.1) is 5.69 Å². The van der Waals surface area contributed by atoms with Crippen molar-refractivity contribution in [3.05, 3.63) is 18.3 Å². The smallest absolute Gasteiger partial charge is 0.146 e. The Kier molecular flexibility index (Phi) is 3.29. The zero-order valence-electron chi connectivity index (χ0n) is 9.98. The Hall–Kier alpha value is -1.29. The van der Waals surface area contributed by atoms with E-state index in [2.05, 4.69) is 29.2 Å². The van der Waals surface area contributed by atoms with Crippen molar-refractivity contribution in [2.45, 2.75) is 31.8 Å². The highest BCUT2D eigenvalue weighted by atomic mass is 15.2. The van der Waals surface area contributed by atoms with Gasteiger partial charge in [0.15, 0.2) is 0 Å². The Morgan fingerprint density at radius 2 is 2.38 bits per heavy atom. The van der Waals surface area contributed by atoms with E-state index >= 15 is 0 Å². The van der Waals surface area contributed by atoms with Gasteiger partial charge in [-0.25, -0.2) is 4.98 Å². The minimum absolute atomic E-state index is 0.520. The molecule has 0 radical (unpaired) electrons. The average molecular weight is 220 g/mol. The average Bonchev–Trinajstić information content (AvgIpc) is 3.10. The first-order chi connectivity index (χ1) is 7.68. The van der Waals surface area contributed by atoms with Gasteiger partial charge >= 0.3 is 0 Å². The molecule has 2 rings (SSSR count). The van der Waals surface area contributed by atoms with Crippen molar-refractivity contribution in [1.29, 1.82) is 0 Å². The standard InChI is InChI=1S/C12H20N4/c1-9(16(2)10-5-6-10)8-15-11-4-3-7-14-12(11)13/h3-4,7,9-10,15H,5-6,8H2,1-2H3,(H2,13,14). The van der Waals surface area contributed by atoms with Gasteiger partial charge in [-0.1, -0.05) is 0 Å². The molecule has 88 valence electrons. The van der Waals surface area contributed by atoms with E-state index in [9.17, 15) is 0 Å². The number of hydrogen-bond donors (Lipinski definition) is 2. The van der Waals surface area contributed by atoms with Crippen molar-refractivity contribution in [3.63, 3.8) is 0 Å². The highest BCUT2D eigenvalue weighted by Crippen LogP contribution is 2.27. The summed E-state index contributed by atoms with van der Waals surface area (Å²) in [7, 11) is 2.19. The van der Waals surface area contributed by atoms with E-state index < -0.39 is 0 Å². The summed E-state index contributed by atoms with van der Waals surface area (Å²) in [6.07, 6.45) is 4.39. The van der Waals surface area contributed by atoms with Gasteiger partial charge in [0.25, 0.3) is 0 Å². The molecule has 0 spiro atoms. The third kappa shape index (κ3) is 2.64. The van der Waals surface area contributed by atoms with Gasteiger partial charge in [-0.3, -0.25) is 4.90 Å². The molecule has 1 heterocycles. The lowest BCUT2D eigenvalue weighted by Crippen LogP contribution is -2.36. The normalized spacial score (nSPS) is 17.4. The number of aromatic nitrogens is 1. The summed E-state index contributed by atoms with van der Waals surface area (Å²) in [5.74, 6) is 0.573. The van der Waals surface area contributed by atoms with Crippen LogP contribution < -0.4 is 11.1 Å². The second kappa shape index (κ2) is 4.70. The van der Waals surface area contributed by atoms with Crippen LogP contribution in [0.5, 0.6) is 0 Å². The first-order valence-corrected chi connectivity index (χ1v) is 5.85. The van der Waals surface area contributed by atoms with Gasteiger partial charge in [-0.05, 0) is 38.9 Å². The molecule has 1 aromatic heterocycles. The first-order valence-electron chi connectivity index (χ1n) is 5.85. The topological polar surface area (TPSA) is 54.2 Å². The van der Waals surface area contributed by atoms with E-state index in [4.69, 9.17) is 5.73 Å². The van der Waals surface area contributed by atoms with Crippen LogP contribution in [-0.4, -0.2) is 35.6 Å². The number of nitrogens with two attached hydrogens (primary N) is 1. The molecular weight excluding hydrogens is 200 g/mol. The fraction of sp³-hybridized carbons (Fsp3) is 0.583. The monoisotopic (exact) mass is 220 g/mol. The quantitative estimate of drug-likeness (QED) is 0.790. The van der Waals surface area contributed by atoms with Crippen molar-refractivity contribution in [1.82, 2.24) is 9.88 Å². The molecule has 4 heteroatoms. The van der Waals surface area contributed by atoms with Gasteiger partial charge in [-0.2, -0.15) is 0 Å². The lowest BCUT2D eigenvalue weighted by molar-refractivity contribution is 0.257. The van der Waals surface area contributed by atoms with Crippen molar-refractivity contribution in [3.8, 4) is 0 Å². The Balaban J connectivity index is 1.84. The molecule has 0 saturated heterocycles. The number of nitrogens with one attached hydrogen (secondary N) is 1. The van der Waals surface area contributed by atoms with Crippen molar-refractivity contribution < 1.29 is 0 Å². The van der Waals surface area contributed by atoms with Crippen LogP contribution in [0, 0.1) is 0 Å². The Morgan fingerprint density at radius 1 is 1.62 bits per heavy atom. The zero-order valence-corrected chi connectivity index (χ0v) is 9.98. The number of likely N-dealkylation sites (N-methyl/N-ethyl adjacent to an activating group) is 1. The van der Waals surface area contributed by atoms with Crippen LogP contribution in [-0.2, 0) is 0 Å². The number of hydrogen-bond acceptors (Lipinski definition) is 4. The summed E-state index contributed by atoms with van der Waals surface area (Å²) in [4.78, 5) is 6.48. The molecule has 1 aromatic rings. The Bertz CT molecular complexity index is 349. The molecule has 0 aromatic carbocycles. The molecule has 0 amide bonds. The fourth-order valence-electron chi connectivity index (χ4n) is 1.81. The van der Waals surface area contributed by atoms with Crippen LogP contribution in [0.25, 0.3) is 0 Å². The summed E-state index contributed by atoms with van der Waals surface area (Å²) in [5.41, 5.74) is 6.70. The molecule has 1 aliphatic carbocycles. The molecule has 1 unspecified atom stereocenters. The second-order valence-electron chi connectivity index (χ2n) is 4.56. The number of anilines is 2. The van der Waals surface area contributed by atoms with Crippen LogP contribution in [0.15, 0.2) is 18.3 Å². The fourth-order valence-corrected chi connectivity index (χ4v) is 1.81. The van der Waals surface area contributed by atoms with E-state index in [1.807, 2.05) is 12.1 Å². The predicted molar refractivity (Wildman–Crippen MR) is 67.4 cm³/mol. The third-order valence-electron chi connectivity index (χ3n) is 3.24. The number of nitrogens with zero attached hydrogens (tertiary/aromatic N) is 2. The summed E-state index contributed by atoms with van der Waals surface area (Å²) in [6, 6.07) is 5.18. The number of pyridine rings is 1. The molecule has 3 N–H and O–H groups in total. The molecule has 16 heavy (non-hydrogen) atoms. The minimum Gasteiger partial charge on any atom is -0.382 e. The lowest BCUT2D eigenvalue weighted by Gasteiger charge is -2.25. The van der Waals surface area contributed by atoms with Gasteiger partial charge in [0.1, 0.15) is 5.82 Å². The SMILES string of the molecule is CC(CNc1cccnc1N)N(C)C1CC1. The molecule has 1 saturated carbocycles. The summed E-state index contributed by atoms with van der Waals surface area (Å²) in [6.45, 7) is 3.14. The van der Waals surface area contributed by atoms with Gasteiger partial charge in [0.2, 0.25) is 0 Å². The summed E-state index contributed by atoms with van der Waals surface area (Å²) in [5, 5.41) is 3.35. The molecule has 4 nitrogen and oxygen atoms in total. The number of nitrogen functional groups attached to an aromatic ring is 1. The molecule has 0 bridgehead atoms. The summed E-state index contributed by atoms with van der Waals surface area (Å²) < 4.78 is 0. The zero-order chi connectivity index (χ0) is 11.5. The third-order valence-corrected chi connectivity index (χ3v) is 3.24. The van der Waals surface area contributed by atoms with E-state index in [1.54, 1.807) is 6.20 Å². The molecule has 1 aliphatic rings. The van der Waals surface area contributed by atoms with Crippen LogP contribution in [0.1, 0.15) is 19.8 Å². The van der Waals surface area contributed by atoms with Crippen molar-refractivity contribution in [2.24, 2.45) is 0 Å². The summed E-state index contributed by atoms with van der Waals surface area (Å²) >= 11 is 0. The molecule has 1 atom stereocenters. The van der Waals surface area contributed by atoms with Gasteiger partial charge < -0.3 is 11.1 Å². The first kappa shape index (κ1) is 11.2. The van der Waals surface area contributed by atoms with Crippen molar-refractivity contribution >= 4 is 11.5 Å². The van der Waals surface area contributed by atoms with Crippen LogP contribution in [0.4, 0.5) is 11.5 Å². The maximum Gasteiger partial charge on any atom is 0.146 e. The van der Waals surface area contributed by atoms with Crippen LogP contribution >= 0.6 is 0 Å². The predicted octanol–water partition coefficient (Wildman–Crippen LogP) is 1.56. The van der Waals surface area contributed by atoms with Gasteiger partial charge in [0, 0.05) is 24.8 Å². The molecule has 1 fully saturated rings. The largest absolute Gasteiger partial charge is 0.382 e. The van der Waals surface area contributed by atoms with E-state index in [0.717, 1.165) is 18.3 Å². The van der Waals surface area contributed by atoms with Crippen LogP contribution in [0.2, 0.25) is 0 Å². The lowest BCUT2D eigenvalue weighted by atomic mass is 10.2. The van der Waals surface area contributed by atoms with E-state index in [0.29, 0.717) is 11.9 Å². The maximum atomic E-state index is 5.77. The minimum atomic E-state index is 0.520. The number of rotatable bonds is 5. The second-order valence-corrected chi connectivity index (χ2v) is 4.56. The molecule has 0 aliphatic heterocycles. The van der Waals surface area contributed by atoms with E-state index in [-0.39, 0.29) is 0 Å². The maximum absolute atomic E-state index is 5.77. The highest BCUT2D eigenvalue weighted by Gasteiger charge is 2.28. The van der Waals surface area contributed by atoms with Crippen molar-refractivity contribution in [2.75, 3.05) is 24.6 Å². The molecular formula is C12H20N4. The van der Waals surface area contributed by atoms with Crippen LogP contribution in [0.3, 0.4) is 0 Å². The van der Waals surface area contributed by atoms with Gasteiger partial charge in [-0.15, -0.1) is 0 Å². The van der Waals surface area contributed by atoms with E-state index in [1.165, 1.54) is 12.8 Å². The Morgan fingerprint density at radius 3 is 3.00 bits per heavy atom. The highest BCUT2D eigenvalue weighted by molar-refractivity contribution is 5.60.